The van der Waals surface area contributed by atoms with Crippen LogP contribution in [0.1, 0.15) is 36.3 Å². The molecule has 10 heteroatoms. The van der Waals surface area contributed by atoms with Crippen LogP contribution in [0.3, 0.4) is 0 Å². The van der Waals surface area contributed by atoms with E-state index >= 15 is 0 Å². The number of nitrogens with one attached hydrogen (secondary N) is 2. The smallest absolute Gasteiger partial charge is 0.273 e. The molecule has 10 nitrogen and oxygen atoms in total. The van der Waals surface area contributed by atoms with Crippen molar-refractivity contribution in [2.45, 2.75) is 19.9 Å². The number of hydrogen-bond donors (Lipinski definition) is 2. The Morgan fingerprint density at radius 1 is 0.970 bits per heavy atom. The number of rotatable bonds is 8. The summed E-state index contributed by atoms with van der Waals surface area (Å²) in [5.41, 5.74) is 1.64. The third-order valence-electron chi connectivity index (χ3n) is 4.84. The second-order valence-corrected chi connectivity index (χ2v) is 7.61. The summed E-state index contributed by atoms with van der Waals surface area (Å²) in [4.78, 5) is 33.3. The van der Waals surface area contributed by atoms with Crippen LogP contribution >= 0.6 is 0 Å². The second kappa shape index (κ2) is 9.86. The number of carbonyl (C=O) groups excluding carboxylic acids is 2. The van der Waals surface area contributed by atoms with E-state index in [1.165, 1.54) is 6.07 Å². The molecule has 0 aliphatic carbocycles. The molecule has 0 aliphatic heterocycles. The van der Waals surface area contributed by atoms with E-state index in [0.717, 1.165) is 11.1 Å². The highest BCUT2D eigenvalue weighted by molar-refractivity contribution is 5.95. The van der Waals surface area contributed by atoms with Gasteiger partial charge < -0.3 is 19.7 Å². The Bertz CT molecular complexity index is 1220. The molecule has 0 saturated heterocycles. The topological polar surface area (TPSA) is 136 Å². The molecule has 4 aromatic rings. The number of nitrogens with zero attached hydrogens (tertiary/aromatic N) is 4. The summed E-state index contributed by atoms with van der Waals surface area (Å²) in [7, 11) is 0. The number of benzene rings is 1. The van der Waals surface area contributed by atoms with E-state index in [-0.39, 0.29) is 24.0 Å². The van der Waals surface area contributed by atoms with Gasteiger partial charge in [0.15, 0.2) is 11.5 Å². The van der Waals surface area contributed by atoms with Crippen molar-refractivity contribution in [2.24, 2.45) is 5.92 Å². The predicted molar refractivity (Wildman–Crippen MR) is 118 cm³/mol. The van der Waals surface area contributed by atoms with Crippen LogP contribution in [0.25, 0.3) is 22.7 Å². The number of pyridine rings is 1. The first-order valence-electron chi connectivity index (χ1n) is 10.3. The first-order valence-corrected chi connectivity index (χ1v) is 10.3. The molecule has 168 valence electrons. The first kappa shape index (κ1) is 21.9. The highest BCUT2D eigenvalue weighted by Crippen LogP contribution is 2.23. The molecule has 0 spiro atoms. The predicted octanol–water partition coefficient (Wildman–Crippen LogP) is 3.03. The minimum absolute atomic E-state index is 0.0284. The molecular weight excluding hydrogens is 424 g/mol. The maximum absolute atomic E-state index is 12.5. The van der Waals surface area contributed by atoms with E-state index in [1.807, 2.05) is 44.2 Å². The Labute approximate surface area is 189 Å². The maximum atomic E-state index is 12.5. The fourth-order valence-corrected chi connectivity index (χ4v) is 3.09. The van der Waals surface area contributed by atoms with Gasteiger partial charge in [-0.2, -0.15) is 4.98 Å². The average Bonchev–Trinajstić information content (AvgIpc) is 3.52. The average molecular weight is 446 g/mol. The van der Waals surface area contributed by atoms with Crippen LogP contribution in [0, 0.1) is 5.92 Å². The lowest BCUT2D eigenvalue weighted by Crippen LogP contribution is -2.40. The van der Waals surface area contributed by atoms with E-state index < -0.39 is 17.9 Å². The van der Waals surface area contributed by atoms with Gasteiger partial charge in [-0.1, -0.05) is 54.5 Å². The van der Waals surface area contributed by atoms with Crippen molar-refractivity contribution in [3.8, 4) is 22.7 Å². The van der Waals surface area contributed by atoms with Crippen molar-refractivity contribution < 1.29 is 18.6 Å². The molecule has 0 saturated carbocycles. The van der Waals surface area contributed by atoms with Crippen molar-refractivity contribution in [2.75, 3.05) is 6.54 Å². The van der Waals surface area contributed by atoms with E-state index in [2.05, 4.69) is 30.9 Å². The molecule has 0 radical (unpaired) electrons. The molecule has 1 unspecified atom stereocenters. The zero-order chi connectivity index (χ0) is 23.2. The van der Waals surface area contributed by atoms with Crippen LogP contribution in [0.4, 0.5) is 0 Å². The van der Waals surface area contributed by atoms with Gasteiger partial charge >= 0.3 is 0 Å². The Kier molecular flexibility index (Phi) is 6.53. The Morgan fingerprint density at radius 3 is 2.45 bits per heavy atom. The fourth-order valence-electron chi connectivity index (χ4n) is 3.09. The Hall–Kier alpha value is -4.34. The van der Waals surface area contributed by atoms with Crippen molar-refractivity contribution >= 4 is 11.8 Å². The van der Waals surface area contributed by atoms with E-state index in [1.54, 1.807) is 24.5 Å². The van der Waals surface area contributed by atoms with Crippen LogP contribution in [0.2, 0.25) is 0 Å². The van der Waals surface area contributed by atoms with Crippen LogP contribution in [-0.2, 0) is 4.79 Å². The largest absolute Gasteiger partial charge is 0.355 e. The molecule has 3 heterocycles. The molecule has 3 aromatic heterocycles. The summed E-state index contributed by atoms with van der Waals surface area (Å²) < 4.78 is 10.6. The molecule has 0 bridgehead atoms. The van der Waals surface area contributed by atoms with Crippen LogP contribution < -0.4 is 10.6 Å². The van der Waals surface area contributed by atoms with Gasteiger partial charge in [0.25, 0.3) is 5.91 Å². The molecule has 0 fully saturated rings. The van der Waals surface area contributed by atoms with Crippen LogP contribution in [-0.4, -0.2) is 38.6 Å². The second-order valence-electron chi connectivity index (χ2n) is 7.61. The third-order valence-corrected chi connectivity index (χ3v) is 4.84. The quantitative estimate of drug-likeness (QED) is 0.421. The Morgan fingerprint density at radius 2 is 1.73 bits per heavy atom. The Balaban J connectivity index is 1.36. The molecule has 2 N–H and O–H groups in total. The van der Waals surface area contributed by atoms with Gasteiger partial charge in [-0.15, -0.1) is 0 Å². The fraction of sp³-hybridized carbons (Fsp3) is 0.217. The van der Waals surface area contributed by atoms with Crippen molar-refractivity contribution in [1.82, 2.24) is 30.9 Å². The lowest BCUT2D eigenvalue weighted by molar-refractivity contribution is -0.121. The maximum Gasteiger partial charge on any atom is 0.273 e. The van der Waals surface area contributed by atoms with Crippen molar-refractivity contribution in [1.29, 1.82) is 0 Å². The lowest BCUT2D eigenvalue weighted by atomic mass is 10.0. The van der Waals surface area contributed by atoms with Crippen LogP contribution in [0.5, 0.6) is 0 Å². The number of carbonyl (C=O) groups is 2. The summed E-state index contributed by atoms with van der Waals surface area (Å²) >= 11 is 0. The lowest BCUT2D eigenvalue weighted by Gasteiger charge is -2.18. The zero-order valence-corrected chi connectivity index (χ0v) is 18.1. The monoisotopic (exact) mass is 446 g/mol. The van der Waals surface area contributed by atoms with Crippen LogP contribution in [0.15, 0.2) is 70.0 Å². The minimum Gasteiger partial charge on any atom is -0.355 e. The zero-order valence-electron chi connectivity index (χ0n) is 18.1. The summed E-state index contributed by atoms with van der Waals surface area (Å²) in [5, 5.41) is 13.1. The van der Waals surface area contributed by atoms with Gasteiger partial charge in [-0.05, 0) is 18.1 Å². The van der Waals surface area contributed by atoms with Gasteiger partial charge in [0, 0.05) is 29.6 Å². The standard InChI is InChI=1S/C23H22N6O4/c1-14(2)20(23-27-21(29-33-23)16-8-10-24-11-9-16)26-19(30)13-25-22(31)17-12-18(32-28-17)15-6-4-3-5-7-15/h3-12,14,20H,13H2,1-2H3,(H,25,31)(H,26,30). The molecule has 1 atom stereocenters. The summed E-state index contributed by atoms with van der Waals surface area (Å²) in [6.45, 7) is 3.58. The van der Waals surface area contributed by atoms with E-state index in [9.17, 15) is 9.59 Å². The highest BCUT2D eigenvalue weighted by Gasteiger charge is 2.25. The van der Waals surface area contributed by atoms with Gasteiger partial charge in [-0.3, -0.25) is 14.6 Å². The molecule has 4 rings (SSSR count). The highest BCUT2D eigenvalue weighted by atomic mass is 16.5. The SMILES string of the molecule is CC(C)C(NC(=O)CNC(=O)c1cc(-c2ccccc2)on1)c1nc(-c2ccncc2)no1. The minimum atomic E-state index is -0.519. The third kappa shape index (κ3) is 5.29. The van der Waals surface area contributed by atoms with Gasteiger partial charge in [0.1, 0.15) is 6.04 Å². The van der Waals surface area contributed by atoms with Gasteiger partial charge in [0.05, 0.1) is 6.54 Å². The number of amides is 2. The normalized spacial score (nSPS) is 11.8. The van der Waals surface area contributed by atoms with Crippen molar-refractivity contribution in [3.63, 3.8) is 0 Å². The molecule has 0 aliphatic rings. The molecule has 33 heavy (non-hydrogen) atoms. The molecule has 2 amide bonds. The summed E-state index contributed by atoms with van der Waals surface area (Å²) in [6, 6.07) is 13.8. The number of aromatic nitrogens is 4. The molecular formula is C23H22N6O4. The van der Waals surface area contributed by atoms with Crippen molar-refractivity contribution in [3.05, 3.63) is 72.5 Å². The number of hydrogen-bond acceptors (Lipinski definition) is 8. The first-order chi connectivity index (χ1) is 16.0. The summed E-state index contributed by atoms with van der Waals surface area (Å²) in [5.74, 6) is 0.194. The molecule has 1 aromatic carbocycles. The van der Waals surface area contributed by atoms with Gasteiger partial charge in [-0.25, -0.2) is 0 Å². The van der Waals surface area contributed by atoms with E-state index in [4.69, 9.17) is 9.05 Å². The summed E-state index contributed by atoms with van der Waals surface area (Å²) in [6.07, 6.45) is 3.26. The van der Waals surface area contributed by atoms with E-state index in [0.29, 0.717) is 11.6 Å². The van der Waals surface area contributed by atoms with Gasteiger partial charge in [0.2, 0.25) is 17.6 Å².